The molecule has 2 unspecified atom stereocenters. The molecule has 3 heteroatoms. The summed E-state index contributed by atoms with van der Waals surface area (Å²) in [5, 5.41) is 3.05. The maximum atomic E-state index is 10.8. The summed E-state index contributed by atoms with van der Waals surface area (Å²) in [6.45, 7) is 2.11. The number of carbonyl (C=O) groups is 1. The molecule has 0 bridgehead atoms. The van der Waals surface area contributed by atoms with Crippen molar-refractivity contribution in [3.63, 3.8) is 0 Å². The van der Waals surface area contributed by atoms with Gasteiger partial charge < -0.3 is 4.74 Å². The SMILES string of the molecule is CCCC1NC1C(=O)OC. The van der Waals surface area contributed by atoms with Crippen molar-refractivity contribution in [3.8, 4) is 0 Å². The van der Waals surface area contributed by atoms with Gasteiger partial charge in [0.1, 0.15) is 6.04 Å². The Bertz CT molecular complexity index is 136. The van der Waals surface area contributed by atoms with E-state index in [1.165, 1.54) is 7.11 Å². The van der Waals surface area contributed by atoms with Crippen LogP contribution in [0.15, 0.2) is 0 Å². The Morgan fingerprint density at radius 2 is 2.40 bits per heavy atom. The first-order chi connectivity index (χ1) is 4.79. The van der Waals surface area contributed by atoms with Gasteiger partial charge in [-0.15, -0.1) is 0 Å². The quantitative estimate of drug-likeness (QED) is 0.456. The van der Waals surface area contributed by atoms with Gasteiger partial charge in [0.25, 0.3) is 0 Å². The van der Waals surface area contributed by atoms with E-state index in [0.717, 1.165) is 12.8 Å². The fraction of sp³-hybridized carbons (Fsp3) is 0.857. The lowest BCUT2D eigenvalue weighted by Crippen LogP contribution is -2.12. The molecule has 1 rings (SSSR count). The maximum absolute atomic E-state index is 10.8. The Morgan fingerprint density at radius 1 is 1.70 bits per heavy atom. The highest BCUT2D eigenvalue weighted by Crippen LogP contribution is 2.17. The first-order valence-electron chi connectivity index (χ1n) is 3.63. The Morgan fingerprint density at radius 3 is 2.90 bits per heavy atom. The molecule has 3 nitrogen and oxygen atoms in total. The van der Waals surface area contributed by atoms with Crippen molar-refractivity contribution in [1.82, 2.24) is 5.32 Å². The molecule has 58 valence electrons. The van der Waals surface area contributed by atoms with Gasteiger partial charge in [0.2, 0.25) is 0 Å². The van der Waals surface area contributed by atoms with Crippen LogP contribution in [0, 0.1) is 0 Å². The minimum absolute atomic E-state index is 0.00931. The molecule has 2 atom stereocenters. The largest absolute Gasteiger partial charge is 0.468 e. The first kappa shape index (κ1) is 7.54. The van der Waals surface area contributed by atoms with Crippen molar-refractivity contribution in [2.24, 2.45) is 0 Å². The lowest BCUT2D eigenvalue weighted by atomic mass is 10.2. The molecular formula is C7H13NO2. The molecule has 0 aromatic rings. The van der Waals surface area contributed by atoms with Crippen LogP contribution in [0.5, 0.6) is 0 Å². The molecule has 1 aliphatic rings. The molecule has 1 N–H and O–H groups in total. The van der Waals surface area contributed by atoms with E-state index in [9.17, 15) is 4.79 Å². The van der Waals surface area contributed by atoms with E-state index < -0.39 is 0 Å². The molecule has 0 radical (unpaired) electrons. The van der Waals surface area contributed by atoms with Crippen molar-refractivity contribution < 1.29 is 9.53 Å². The van der Waals surface area contributed by atoms with E-state index in [-0.39, 0.29) is 12.0 Å². The number of ether oxygens (including phenoxy) is 1. The minimum Gasteiger partial charge on any atom is -0.468 e. The number of rotatable bonds is 3. The summed E-state index contributed by atoms with van der Waals surface area (Å²) in [6.07, 6.45) is 2.19. The van der Waals surface area contributed by atoms with E-state index in [1.807, 2.05) is 0 Å². The molecule has 1 heterocycles. The highest BCUT2D eigenvalue weighted by Gasteiger charge is 2.41. The van der Waals surface area contributed by atoms with Crippen LogP contribution in [0.2, 0.25) is 0 Å². The summed E-state index contributed by atoms with van der Waals surface area (Å²) in [6, 6.07) is 0.377. The van der Waals surface area contributed by atoms with Gasteiger partial charge >= 0.3 is 5.97 Å². The van der Waals surface area contributed by atoms with Crippen LogP contribution in [0.1, 0.15) is 19.8 Å². The Labute approximate surface area is 60.7 Å². The minimum atomic E-state index is -0.126. The average Bonchev–Trinajstić information content (AvgIpc) is 2.67. The number of carbonyl (C=O) groups excluding carboxylic acids is 1. The Hall–Kier alpha value is -0.570. The van der Waals surface area contributed by atoms with Gasteiger partial charge in [-0.25, -0.2) is 0 Å². The van der Waals surface area contributed by atoms with Crippen LogP contribution in [0.25, 0.3) is 0 Å². The van der Waals surface area contributed by atoms with Crippen LogP contribution in [-0.4, -0.2) is 25.2 Å². The molecular weight excluding hydrogens is 130 g/mol. The smallest absolute Gasteiger partial charge is 0.324 e. The monoisotopic (exact) mass is 143 g/mol. The lowest BCUT2D eigenvalue weighted by Gasteiger charge is -1.92. The number of esters is 1. The molecule has 10 heavy (non-hydrogen) atoms. The third-order valence-electron chi connectivity index (χ3n) is 1.74. The van der Waals surface area contributed by atoms with E-state index >= 15 is 0 Å². The molecule has 0 aliphatic carbocycles. The summed E-state index contributed by atoms with van der Waals surface area (Å²) >= 11 is 0. The standard InChI is InChI=1S/C7H13NO2/c1-3-4-5-6(8-5)7(9)10-2/h5-6,8H,3-4H2,1-2H3. The number of hydrogen-bond acceptors (Lipinski definition) is 3. The summed E-state index contributed by atoms with van der Waals surface area (Å²) < 4.78 is 4.55. The second-order valence-electron chi connectivity index (χ2n) is 2.56. The van der Waals surface area contributed by atoms with Gasteiger partial charge in [0.05, 0.1) is 7.11 Å². The zero-order valence-corrected chi connectivity index (χ0v) is 6.39. The lowest BCUT2D eigenvalue weighted by molar-refractivity contribution is -0.140. The summed E-state index contributed by atoms with van der Waals surface area (Å²) in [5.41, 5.74) is 0. The van der Waals surface area contributed by atoms with Crippen molar-refractivity contribution in [2.45, 2.75) is 31.8 Å². The zero-order chi connectivity index (χ0) is 7.56. The molecule has 1 fully saturated rings. The first-order valence-corrected chi connectivity index (χ1v) is 3.63. The van der Waals surface area contributed by atoms with Gasteiger partial charge in [-0.05, 0) is 6.42 Å². The van der Waals surface area contributed by atoms with Crippen molar-refractivity contribution in [1.29, 1.82) is 0 Å². The van der Waals surface area contributed by atoms with Gasteiger partial charge in [0.15, 0.2) is 0 Å². The van der Waals surface area contributed by atoms with E-state index in [2.05, 4.69) is 17.0 Å². The van der Waals surface area contributed by atoms with Gasteiger partial charge in [-0.2, -0.15) is 0 Å². The van der Waals surface area contributed by atoms with E-state index in [0.29, 0.717) is 6.04 Å². The van der Waals surface area contributed by atoms with Gasteiger partial charge in [-0.3, -0.25) is 10.1 Å². The second kappa shape index (κ2) is 3.01. The summed E-state index contributed by atoms with van der Waals surface area (Å²) in [4.78, 5) is 10.8. The van der Waals surface area contributed by atoms with Gasteiger partial charge in [0, 0.05) is 6.04 Å². The predicted octanol–water partition coefficient (Wildman–Crippen LogP) is 0.300. The van der Waals surface area contributed by atoms with E-state index in [1.54, 1.807) is 0 Å². The third kappa shape index (κ3) is 1.48. The zero-order valence-electron chi connectivity index (χ0n) is 6.39. The second-order valence-corrected chi connectivity index (χ2v) is 2.56. The molecule has 0 aromatic heterocycles. The molecule has 0 aromatic carbocycles. The molecule has 0 amide bonds. The van der Waals surface area contributed by atoms with Crippen LogP contribution in [-0.2, 0) is 9.53 Å². The summed E-state index contributed by atoms with van der Waals surface area (Å²) in [5.74, 6) is -0.126. The topological polar surface area (TPSA) is 48.2 Å². The Balaban J connectivity index is 2.18. The maximum Gasteiger partial charge on any atom is 0.324 e. The molecule has 0 saturated carbocycles. The van der Waals surface area contributed by atoms with Crippen LogP contribution < -0.4 is 5.32 Å². The highest BCUT2D eigenvalue weighted by atomic mass is 16.5. The number of methoxy groups -OCH3 is 1. The fourth-order valence-electron chi connectivity index (χ4n) is 1.10. The summed E-state index contributed by atoms with van der Waals surface area (Å²) in [7, 11) is 1.42. The van der Waals surface area contributed by atoms with Crippen LogP contribution in [0.4, 0.5) is 0 Å². The third-order valence-corrected chi connectivity index (χ3v) is 1.74. The van der Waals surface area contributed by atoms with E-state index in [4.69, 9.17) is 0 Å². The van der Waals surface area contributed by atoms with Gasteiger partial charge in [-0.1, -0.05) is 13.3 Å². The average molecular weight is 143 g/mol. The molecule has 1 aliphatic heterocycles. The van der Waals surface area contributed by atoms with Crippen LogP contribution in [0.3, 0.4) is 0 Å². The number of nitrogens with one attached hydrogen (secondary N) is 1. The van der Waals surface area contributed by atoms with Crippen molar-refractivity contribution >= 4 is 5.97 Å². The predicted molar refractivity (Wildman–Crippen MR) is 37.6 cm³/mol. The molecule has 1 saturated heterocycles. The van der Waals surface area contributed by atoms with Crippen molar-refractivity contribution in [3.05, 3.63) is 0 Å². The Kier molecular flexibility index (Phi) is 2.27. The normalized spacial score (nSPS) is 29.8. The van der Waals surface area contributed by atoms with Crippen molar-refractivity contribution in [2.75, 3.05) is 7.11 Å². The van der Waals surface area contributed by atoms with Crippen LogP contribution >= 0.6 is 0 Å². The fourth-order valence-corrected chi connectivity index (χ4v) is 1.10. The molecule has 0 spiro atoms. The number of hydrogen-bond donors (Lipinski definition) is 1. The highest BCUT2D eigenvalue weighted by molar-refractivity contribution is 5.79.